The van der Waals surface area contributed by atoms with Gasteiger partial charge in [0.1, 0.15) is 5.82 Å². The second-order valence-corrected chi connectivity index (χ2v) is 6.55. The van der Waals surface area contributed by atoms with Crippen molar-refractivity contribution in [3.8, 4) is 0 Å². The van der Waals surface area contributed by atoms with Crippen LogP contribution < -0.4 is 10.2 Å². The zero-order valence-electron chi connectivity index (χ0n) is 15.3. The van der Waals surface area contributed by atoms with Gasteiger partial charge < -0.3 is 15.0 Å². The zero-order valence-corrected chi connectivity index (χ0v) is 16.1. The smallest absolute Gasteiger partial charge is 0.128 e. The molecule has 0 amide bonds. The molecule has 5 nitrogen and oxygen atoms in total. The Kier molecular flexibility index (Phi) is 10.3. The summed E-state index contributed by atoms with van der Waals surface area (Å²) in [7, 11) is 5.82. The lowest BCUT2D eigenvalue weighted by atomic mass is 9.93. The van der Waals surface area contributed by atoms with Gasteiger partial charge in [-0.2, -0.15) is 0 Å². The number of piperidine rings is 1. The van der Waals surface area contributed by atoms with Crippen LogP contribution >= 0.6 is 12.4 Å². The van der Waals surface area contributed by atoms with Gasteiger partial charge in [0.2, 0.25) is 0 Å². The van der Waals surface area contributed by atoms with Crippen LogP contribution in [0.2, 0.25) is 0 Å². The molecule has 138 valence electrons. The lowest BCUT2D eigenvalue weighted by molar-refractivity contribution is 0.172. The van der Waals surface area contributed by atoms with Gasteiger partial charge in [-0.3, -0.25) is 4.90 Å². The third-order valence-corrected chi connectivity index (χ3v) is 4.75. The van der Waals surface area contributed by atoms with E-state index in [1.807, 2.05) is 13.2 Å². The van der Waals surface area contributed by atoms with Crippen molar-refractivity contribution >= 4 is 18.2 Å². The number of aromatic nitrogens is 1. The first-order valence-electron chi connectivity index (χ1n) is 8.75. The third-order valence-electron chi connectivity index (χ3n) is 4.75. The number of halogens is 1. The average molecular weight is 357 g/mol. The number of pyridine rings is 1. The topological polar surface area (TPSA) is 40.6 Å². The maximum Gasteiger partial charge on any atom is 0.128 e. The monoisotopic (exact) mass is 356 g/mol. The molecule has 1 aromatic heterocycles. The molecule has 1 aliphatic heterocycles. The summed E-state index contributed by atoms with van der Waals surface area (Å²) in [4.78, 5) is 9.27. The Labute approximate surface area is 153 Å². The Bertz CT molecular complexity index is 435. The van der Waals surface area contributed by atoms with Gasteiger partial charge >= 0.3 is 0 Å². The van der Waals surface area contributed by atoms with E-state index >= 15 is 0 Å². The quantitative estimate of drug-likeness (QED) is 0.735. The Morgan fingerprint density at radius 2 is 2.08 bits per heavy atom. The Hall–Kier alpha value is -0.880. The molecule has 1 aromatic rings. The number of hydrogen-bond acceptors (Lipinski definition) is 5. The summed E-state index contributed by atoms with van der Waals surface area (Å²) in [5, 5.41) is 3.26. The Balaban J connectivity index is 0.00000288. The van der Waals surface area contributed by atoms with Gasteiger partial charge in [0.05, 0.1) is 6.61 Å². The number of anilines is 1. The minimum atomic E-state index is 0. The van der Waals surface area contributed by atoms with Crippen molar-refractivity contribution in [2.75, 3.05) is 58.9 Å². The van der Waals surface area contributed by atoms with Gasteiger partial charge in [0, 0.05) is 33.4 Å². The maximum absolute atomic E-state index is 5.11. The van der Waals surface area contributed by atoms with Crippen molar-refractivity contribution in [1.29, 1.82) is 0 Å². The SMILES string of the molecule is CNCCC1CCN(Cc2ccc(N(C)CCOC)nc2)CC1.Cl. The van der Waals surface area contributed by atoms with Crippen LogP contribution in [0.4, 0.5) is 5.82 Å². The molecule has 0 spiro atoms. The molecule has 2 heterocycles. The van der Waals surface area contributed by atoms with Crippen molar-refractivity contribution in [2.45, 2.75) is 25.8 Å². The van der Waals surface area contributed by atoms with E-state index in [2.05, 4.69) is 39.3 Å². The largest absolute Gasteiger partial charge is 0.383 e. The van der Waals surface area contributed by atoms with Crippen molar-refractivity contribution in [2.24, 2.45) is 5.92 Å². The molecule has 2 rings (SSSR count). The van der Waals surface area contributed by atoms with Crippen LogP contribution in [0.1, 0.15) is 24.8 Å². The van der Waals surface area contributed by atoms with Crippen LogP contribution in [0.5, 0.6) is 0 Å². The summed E-state index contributed by atoms with van der Waals surface area (Å²) >= 11 is 0. The molecule has 0 atom stereocenters. The molecule has 0 unspecified atom stereocenters. The fraction of sp³-hybridized carbons (Fsp3) is 0.722. The number of methoxy groups -OCH3 is 1. The summed E-state index contributed by atoms with van der Waals surface area (Å²) in [5.74, 6) is 1.91. The second kappa shape index (κ2) is 11.6. The molecule has 1 saturated heterocycles. The fourth-order valence-corrected chi connectivity index (χ4v) is 3.12. The first kappa shape index (κ1) is 21.2. The van der Waals surface area contributed by atoms with Crippen molar-refractivity contribution in [3.63, 3.8) is 0 Å². The lowest BCUT2D eigenvalue weighted by Gasteiger charge is -2.32. The molecule has 0 aromatic carbocycles. The van der Waals surface area contributed by atoms with Gasteiger partial charge in [-0.05, 0) is 63.5 Å². The summed E-state index contributed by atoms with van der Waals surface area (Å²) < 4.78 is 5.11. The van der Waals surface area contributed by atoms with Gasteiger partial charge in [0.15, 0.2) is 0 Å². The highest BCUT2D eigenvalue weighted by Gasteiger charge is 2.18. The molecule has 1 fully saturated rings. The molecule has 6 heteroatoms. The maximum atomic E-state index is 5.11. The lowest BCUT2D eigenvalue weighted by Crippen LogP contribution is -2.34. The number of nitrogens with zero attached hydrogens (tertiary/aromatic N) is 3. The van der Waals surface area contributed by atoms with Crippen molar-refractivity contribution in [3.05, 3.63) is 23.9 Å². The van der Waals surface area contributed by atoms with E-state index in [0.717, 1.165) is 38.0 Å². The molecule has 1 N–H and O–H groups in total. The number of hydrogen-bond donors (Lipinski definition) is 1. The zero-order chi connectivity index (χ0) is 16.5. The number of likely N-dealkylation sites (tertiary alicyclic amines) is 1. The first-order chi connectivity index (χ1) is 11.2. The summed E-state index contributed by atoms with van der Waals surface area (Å²) in [5.41, 5.74) is 1.31. The van der Waals surface area contributed by atoms with Crippen molar-refractivity contribution in [1.82, 2.24) is 15.2 Å². The van der Waals surface area contributed by atoms with E-state index in [9.17, 15) is 0 Å². The van der Waals surface area contributed by atoms with E-state index in [-0.39, 0.29) is 12.4 Å². The minimum Gasteiger partial charge on any atom is -0.383 e. The summed E-state index contributed by atoms with van der Waals surface area (Å²) in [6, 6.07) is 4.32. The molecule has 0 radical (unpaired) electrons. The second-order valence-electron chi connectivity index (χ2n) is 6.55. The first-order valence-corrected chi connectivity index (χ1v) is 8.75. The van der Waals surface area contributed by atoms with E-state index in [0.29, 0.717) is 0 Å². The van der Waals surface area contributed by atoms with Crippen molar-refractivity contribution < 1.29 is 4.74 Å². The summed E-state index contributed by atoms with van der Waals surface area (Å²) in [6.07, 6.45) is 5.99. The van der Waals surface area contributed by atoms with Gasteiger partial charge in [-0.1, -0.05) is 6.07 Å². The van der Waals surface area contributed by atoms with Gasteiger partial charge in [0.25, 0.3) is 0 Å². The molecule has 24 heavy (non-hydrogen) atoms. The molecular weight excluding hydrogens is 324 g/mol. The predicted octanol–water partition coefficient (Wildman–Crippen LogP) is 2.41. The molecule has 0 bridgehead atoms. The highest BCUT2D eigenvalue weighted by Crippen LogP contribution is 2.21. The number of rotatable bonds is 9. The van der Waals surface area contributed by atoms with Crippen LogP contribution in [-0.2, 0) is 11.3 Å². The predicted molar refractivity (Wildman–Crippen MR) is 103 cm³/mol. The average Bonchev–Trinajstić information content (AvgIpc) is 2.59. The van der Waals surface area contributed by atoms with Crippen LogP contribution in [-0.4, -0.2) is 63.9 Å². The number of nitrogens with one attached hydrogen (secondary N) is 1. The normalized spacial score (nSPS) is 16.0. The highest BCUT2D eigenvalue weighted by atomic mass is 35.5. The highest BCUT2D eigenvalue weighted by molar-refractivity contribution is 5.85. The van der Waals surface area contributed by atoms with E-state index in [1.165, 1.54) is 37.9 Å². The minimum absolute atomic E-state index is 0. The molecular formula is C18H33ClN4O. The number of ether oxygens (including phenoxy) is 1. The standard InChI is InChI=1S/C18H32N4O.ClH/c1-19-9-6-16-7-10-22(11-8-16)15-17-4-5-18(20-14-17)21(2)12-13-23-3;/h4-5,14,16,19H,6-13,15H2,1-3H3;1H. The van der Waals surface area contributed by atoms with Gasteiger partial charge in [-0.15, -0.1) is 12.4 Å². The van der Waals surface area contributed by atoms with Crippen LogP contribution in [0.25, 0.3) is 0 Å². The number of likely N-dealkylation sites (N-methyl/N-ethyl adjacent to an activating group) is 1. The molecule has 1 aliphatic rings. The van der Waals surface area contributed by atoms with Crippen LogP contribution in [0.3, 0.4) is 0 Å². The van der Waals surface area contributed by atoms with Gasteiger partial charge in [-0.25, -0.2) is 4.98 Å². The van der Waals surface area contributed by atoms with Crippen LogP contribution in [0.15, 0.2) is 18.3 Å². The van der Waals surface area contributed by atoms with Crippen LogP contribution in [0, 0.1) is 5.92 Å². The summed E-state index contributed by atoms with van der Waals surface area (Å²) in [6.45, 7) is 6.18. The molecule has 0 saturated carbocycles. The van der Waals surface area contributed by atoms with E-state index < -0.39 is 0 Å². The van der Waals surface area contributed by atoms with E-state index in [1.54, 1.807) is 7.11 Å². The Morgan fingerprint density at radius 1 is 1.33 bits per heavy atom. The molecule has 0 aliphatic carbocycles. The fourth-order valence-electron chi connectivity index (χ4n) is 3.12. The third kappa shape index (κ3) is 6.93. The van der Waals surface area contributed by atoms with E-state index in [4.69, 9.17) is 4.74 Å². The Morgan fingerprint density at radius 3 is 2.67 bits per heavy atom.